The van der Waals surface area contributed by atoms with E-state index in [1.807, 2.05) is 24.4 Å². The maximum absolute atomic E-state index is 15.7. The molecule has 1 aliphatic heterocycles. The van der Waals surface area contributed by atoms with Crippen molar-refractivity contribution in [3.05, 3.63) is 216 Å². The lowest BCUT2D eigenvalue weighted by molar-refractivity contribution is 0.483. The Balaban J connectivity index is 1.13. The number of hydrogen-bond acceptors (Lipinski definition) is 4. The Kier molecular flexibility index (Phi) is 13.4. The number of aromatic nitrogens is 2. The van der Waals surface area contributed by atoms with Crippen molar-refractivity contribution in [1.82, 2.24) is 9.55 Å². The highest BCUT2D eigenvalue weighted by molar-refractivity contribution is 6.09. The van der Waals surface area contributed by atoms with Gasteiger partial charge in [-0.3, -0.25) is 4.57 Å². The first-order valence-corrected chi connectivity index (χ1v) is 27.0. The summed E-state index contributed by atoms with van der Waals surface area (Å²) < 4.78 is 39.4. The van der Waals surface area contributed by atoms with Crippen molar-refractivity contribution < 1.29 is 13.5 Å². The van der Waals surface area contributed by atoms with E-state index in [9.17, 15) is 4.39 Å². The van der Waals surface area contributed by atoms with Crippen molar-refractivity contribution >= 4 is 44.6 Å². The van der Waals surface area contributed by atoms with Crippen LogP contribution < -0.4 is 14.5 Å². The van der Waals surface area contributed by atoms with Gasteiger partial charge in [0.25, 0.3) is 0 Å². The number of halogens is 2. The van der Waals surface area contributed by atoms with Gasteiger partial charge in [-0.05, 0) is 164 Å². The van der Waals surface area contributed by atoms with E-state index in [0.29, 0.717) is 23.9 Å². The second kappa shape index (κ2) is 20.3. The molecule has 0 amide bonds. The molecule has 1 aliphatic rings. The van der Waals surface area contributed by atoms with E-state index < -0.39 is 11.6 Å². The van der Waals surface area contributed by atoms with E-state index in [2.05, 4.69) is 217 Å². The molecule has 0 unspecified atom stereocenters. The fourth-order valence-electron chi connectivity index (χ4n) is 11.4. The van der Waals surface area contributed by atoms with E-state index >= 15 is 4.39 Å². The van der Waals surface area contributed by atoms with Crippen LogP contribution in [0.4, 0.5) is 31.5 Å². The van der Waals surface area contributed by atoms with Gasteiger partial charge in [0.1, 0.15) is 35.6 Å². The summed E-state index contributed by atoms with van der Waals surface area (Å²) in [5.41, 5.74) is 18.2. The number of fused-ring (bicyclic) bond motifs is 4. The highest BCUT2D eigenvalue weighted by atomic mass is 19.1. The Bertz CT molecular complexity index is 3740. The molecule has 0 radical (unpaired) electrons. The van der Waals surface area contributed by atoms with Gasteiger partial charge in [-0.15, -0.1) is 0 Å². The zero-order valence-corrected chi connectivity index (χ0v) is 45.3. The summed E-state index contributed by atoms with van der Waals surface area (Å²) in [6.45, 7) is 23.0. The summed E-state index contributed by atoms with van der Waals surface area (Å²) in [5.74, 6) is 2.01. The standard InChI is InChI=1S/C69H66F2N4O/c1-41(2)47-23-28-64-66(36-47)74(69-60(44(7)8)34-49(35-61(69)45(9)10)55-26-24-51(70)37-62(55)71)40-73(64)52-30-50(68-58(42(3)4)32-48(33-59(68)43(5)6)46-18-12-11-13-19-46)31-54(38-52)76-53-25-27-57-56-20-14-15-21-63(56)75(65(57)39-53)67-22-16-17-29-72-67/h11-39,41-45H,40H2,1-10H3. The minimum absolute atomic E-state index is 0.0848. The zero-order chi connectivity index (χ0) is 53.1. The molecule has 0 spiro atoms. The number of benzene rings is 8. The first-order valence-electron chi connectivity index (χ1n) is 27.0. The molecule has 2 aromatic heterocycles. The van der Waals surface area contributed by atoms with Crippen molar-refractivity contribution in [1.29, 1.82) is 0 Å². The van der Waals surface area contributed by atoms with Gasteiger partial charge in [-0.2, -0.15) is 0 Å². The summed E-state index contributed by atoms with van der Waals surface area (Å²) in [7, 11) is 0. The van der Waals surface area contributed by atoms with Crippen molar-refractivity contribution in [2.45, 2.75) is 98.8 Å². The number of hydrogen-bond donors (Lipinski definition) is 0. The number of para-hydroxylation sites is 1. The van der Waals surface area contributed by atoms with Crippen LogP contribution in [0.3, 0.4) is 0 Å². The fourth-order valence-corrected chi connectivity index (χ4v) is 11.4. The monoisotopic (exact) mass is 1000 g/mol. The van der Waals surface area contributed by atoms with Crippen LogP contribution in [0.15, 0.2) is 176 Å². The topological polar surface area (TPSA) is 33.5 Å². The van der Waals surface area contributed by atoms with Gasteiger partial charge in [-0.25, -0.2) is 13.8 Å². The first kappa shape index (κ1) is 50.1. The Hall–Kier alpha value is -8.03. The molecule has 0 saturated heterocycles. The molecule has 0 atom stereocenters. The number of pyridine rings is 1. The number of rotatable bonds is 13. The lowest BCUT2D eigenvalue weighted by atomic mass is 9.82. The lowest BCUT2D eigenvalue weighted by Gasteiger charge is -2.30. The van der Waals surface area contributed by atoms with E-state index in [4.69, 9.17) is 9.72 Å². The summed E-state index contributed by atoms with van der Waals surface area (Å²) in [4.78, 5) is 9.71. The van der Waals surface area contributed by atoms with Crippen LogP contribution in [-0.2, 0) is 0 Å². The number of anilines is 4. The molecule has 76 heavy (non-hydrogen) atoms. The molecule has 382 valence electrons. The molecule has 5 nitrogen and oxygen atoms in total. The van der Waals surface area contributed by atoms with Crippen LogP contribution in [0.1, 0.15) is 127 Å². The maximum atomic E-state index is 15.7. The van der Waals surface area contributed by atoms with E-state index in [0.717, 1.165) is 84.4 Å². The fraction of sp³-hybridized carbons (Fsp3) is 0.232. The average molecular weight is 1010 g/mol. The summed E-state index contributed by atoms with van der Waals surface area (Å²) in [6.07, 6.45) is 1.84. The molecule has 7 heteroatoms. The summed E-state index contributed by atoms with van der Waals surface area (Å²) in [6, 6.07) is 58.2. The third kappa shape index (κ3) is 9.20. The van der Waals surface area contributed by atoms with Gasteiger partial charge in [0.05, 0.1) is 22.4 Å². The van der Waals surface area contributed by atoms with E-state index in [1.165, 1.54) is 39.4 Å². The van der Waals surface area contributed by atoms with Gasteiger partial charge in [-0.1, -0.05) is 142 Å². The number of nitrogens with zero attached hydrogens (tertiary/aromatic N) is 4. The molecule has 0 N–H and O–H groups in total. The van der Waals surface area contributed by atoms with Crippen LogP contribution in [0.25, 0.3) is 61.0 Å². The normalized spacial score (nSPS) is 12.7. The van der Waals surface area contributed by atoms with Gasteiger partial charge >= 0.3 is 0 Å². The highest BCUT2D eigenvalue weighted by Crippen LogP contribution is 2.52. The molecule has 3 heterocycles. The molecule has 0 fully saturated rings. The average Bonchev–Trinajstić information content (AvgIpc) is 3.96. The van der Waals surface area contributed by atoms with Gasteiger partial charge in [0, 0.05) is 52.1 Å². The van der Waals surface area contributed by atoms with E-state index in [1.54, 1.807) is 6.07 Å². The highest BCUT2D eigenvalue weighted by Gasteiger charge is 2.34. The van der Waals surface area contributed by atoms with Crippen LogP contribution in [0, 0.1) is 11.6 Å². The molecular weight excluding hydrogens is 939 g/mol. The van der Waals surface area contributed by atoms with Crippen LogP contribution in [0.2, 0.25) is 0 Å². The molecule has 0 bridgehead atoms. The minimum atomic E-state index is -0.589. The van der Waals surface area contributed by atoms with Crippen molar-refractivity contribution in [3.63, 3.8) is 0 Å². The Morgan fingerprint density at radius 3 is 1.78 bits per heavy atom. The Morgan fingerprint density at radius 1 is 0.461 bits per heavy atom. The molecule has 8 aromatic carbocycles. The molecule has 0 aliphatic carbocycles. The summed E-state index contributed by atoms with van der Waals surface area (Å²) in [5, 5.41) is 2.27. The van der Waals surface area contributed by atoms with Gasteiger partial charge < -0.3 is 14.5 Å². The largest absolute Gasteiger partial charge is 0.457 e. The maximum Gasteiger partial charge on any atom is 0.137 e. The molecule has 11 rings (SSSR count). The Morgan fingerprint density at radius 2 is 1.12 bits per heavy atom. The third-order valence-electron chi connectivity index (χ3n) is 15.3. The van der Waals surface area contributed by atoms with Crippen LogP contribution in [-0.4, -0.2) is 16.2 Å². The van der Waals surface area contributed by atoms with Crippen molar-refractivity contribution in [2.24, 2.45) is 0 Å². The minimum Gasteiger partial charge on any atom is -0.457 e. The third-order valence-corrected chi connectivity index (χ3v) is 15.3. The van der Waals surface area contributed by atoms with Gasteiger partial charge in [0.15, 0.2) is 0 Å². The first-order chi connectivity index (χ1) is 36.6. The predicted octanol–water partition coefficient (Wildman–Crippen LogP) is 20.1. The quantitative estimate of drug-likeness (QED) is 0.115. The molecule has 10 aromatic rings. The lowest BCUT2D eigenvalue weighted by Crippen LogP contribution is -2.26. The molecular formula is C69H66F2N4O. The smallest absolute Gasteiger partial charge is 0.137 e. The van der Waals surface area contributed by atoms with Crippen LogP contribution in [0.5, 0.6) is 11.5 Å². The number of ether oxygens (including phenoxy) is 1. The van der Waals surface area contributed by atoms with Gasteiger partial charge in [0.2, 0.25) is 0 Å². The van der Waals surface area contributed by atoms with Crippen molar-refractivity contribution in [2.75, 3.05) is 16.5 Å². The summed E-state index contributed by atoms with van der Waals surface area (Å²) >= 11 is 0. The molecule has 0 saturated carbocycles. The Labute approximate surface area is 447 Å². The predicted molar refractivity (Wildman–Crippen MR) is 314 cm³/mol. The second-order valence-electron chi connectivity index (χ2n) is 22.1. The second-order valence-corrected chi connectivity index (χ2v) is 22.1. The van der Waals surface area contributed by atoms with Crippen molar-refractivity contribution in [3.8, 4) is 50.7 Å². The SMILES string of the molecule is CC(C)c1ccc2c(c1)N(c1c(C(C)C)cc(-c3ccc(F)cc3F)cc1C(C)C)CN2c1cc(Oc2ccc3c4ccccc4n(-c4ccccn4)c3c2)cc(-c2c(C(C)C)cc(-c3ccccc3)cc2C(C)C)c1. The van der Waals surface area contributed by atoms with Crippen LogP contribution >= 0.6 is 0 Å². The van der Waals surface area contributed by atoms with E-state index in [-0.39, 0.29) is 23.7 Å². The zero-order valence-electron chi connectivity index (χ0n) is 45.3.